The molecule has 132 valence electrons. The highest BCUT2D eigenvalue weighted by Gasteiger charge is 2.14. The summed E-state index contributed by atoms with van der Waals surface area (Å²) in [4.78, 5) is 26.7. The summed E-state index contributed by atoms with van der Waals surface area (Å²) < 4.78 is 6.84. The maximum absolute atomic E-state index is 12.4. The smallest absolute Gasteiger partial charge is 0.276 e. The van der Waals surface area contributed by atoms with Crippen LogP contribution in [0.5, 0.6) is 5.88 Å². The Morgan fingerprint density at radius 1 is 1.27 bits per heavy atom. The zero-order valence-electron chi connectivity index (χ0n) is 13.8. The highest BCUT2D eigenvalue weighted by molar-refractivity contribution is 6.03. The van der Waals surface area contributed by atoms with Gasteiger partial charge in [-0.25, -0.2) is 9.67 Å². The molecule has 3 rings (SSSR count). The first-order valence-corrected chi connectivity index (χ1v) is 7.78. The first kappa shape index (κ1) is 17.1. The minimum atomic E-state index is -0.477. The minimum absolute atomic E-state index is 0.0149. The van der Waals surface area contributed by atoms with Crippen molar-refractivity contribution < 1.29 is 14.5 Å². The standard InChI is InChI=1S/C17H15N5O4/c1-2-26-17-15(4-3-10-18-17)19-16(23)14-9-11-21(20-14)12-5-7-13(8-6-12)22(24)25/h3-11H,2H2,1H3,(H,19,23). The van der Waals surface area contributed by atoms with Crippen molar-refractivity contribution in [3.63, 3.8) is 0 Å². The van der Waals surface area contributed by atoms with Crippen molar-refractivity contribution in [1.29, 1.82) is 0 Å². The molecule has 1 amide bonds. The molecular weight excluding hydrogens is 338 g/mol. The quantitative estimate of drug-likeness (QED) is 0.539. The van der Waals surface area contributed by atoms with Crippen molar-refractivity contribution in [2.24, 2.45) is 0 Å². The molecule has 0 radical (unpaired) electrons. The number of aromatic nitrogens is 3. The molecule has 2 heterocycles. The molecule has 0 spiro atoms. The Morgan fingerprint density at radius 3 is 2.73 bits per heavy atom. The Labute approximate surface area is 148 Å². The number of non-ortho nitro benzene ring substituents is 1. The first-order chi connectivity index (χ1) is 12.6. The summed E-state index contributed by atoms with van der Waals surface area (Å²) >= 11 is 0. The van der Waals surface area contributed by atoms with Gasteiger partial charge in [-0.3, -0.25) is 14.9 Å². The minimum Gasteiger partial charge on any atom is -0.476 e. The largest absolute Gasteiger partial charge is 0.476 e. The second-order valence-electron chi connectivity index (χ2n) is 5.16. The molecule has 0 fully saturated rings. The van der Waals surface area contributed by atoms with Crippen LogP contribution < -0.4 is 10.1 Å². The molecule has 0 bridgehead atoms. The van der Waals surface area contributed by atoms with Gasteiger partial charge in [-0.1, -0.05) is 0 Å². The van der Waals surface area contributed by atoms with Crippen LogP contribution in [0.3, 0.4) is 0 Å². The van der Waals surface area contributed by atoms with E-state index in [0.29, 0.717) is 23.9 Å². The van der Waals surface area contributed by atoms with E-state index in [1.807, 2.05) is 6.92 Å². The number of benzene rings is 1. The summed E-state index contributed by atoms with van der Waals surface area (Å²) in [5.74, 6) is -0.0854. The molecule has 0 saturated heterocycles. The molecule has 2 aromatic heterocycles. The van der Waals surface area contributed by atoms with Crippen LogP contribution in [0, 0.1) is 10.1 Å². The number of hydrogen-bond acceptors (Lipinski definition) is 6. The Morgan fingerprint density at radius 2 is 2.04 bits per heavy atom. The molecule has 0 saturated carbocycles. The lowest BCUT2D eigenvalue weighted by atomic mass is 10.3. The Bertz CT molecular complexity index is 936. The third-order valence-corrected chi connectivity index (χ3v) is 3.45. The number of hydrogen-bond donors (Lipinski definition) is 1. The molecule has 9 nitrogen and oxygen atoms in total. The van der Waals surface area contributed by atoms with Crippen molar-refractivity contribution in [3.8, 4) is 11.6 Å². The number of carbonyl (C=O) groups excluding carboxylic acids is 1. The molecular formula is C17H15N5O4. The van der Waals surface area contributed by atoms with E-state index in [2.05, 4.69) is 15.4 Å². The lowest BCUT2D eigenvalue weighted by Crippen LogP contribution is -2.14. The number of ether oxygens (including phenoxy) is 1. The van der Waals surface area contributed by atoms with Gasteiger partial charge in [0.05, 0.1) is 17.2 Å². The lowest BCUT2D eigenvalue weighted by molar-refractivity contribution is -0.384. The van der Waals surface area contributed by atoms with E-state index >= 15 is 0 Å². The molecule has 1 aromatic carbocycles. The highest BCUT2D eigenvalue weighted by Crippen LogP contribution is 2.21. The number of nitro groups is 1. The van der Waals surface area contributed by atoms with Gasteiger partial charge in [-0.2, -0.15) is 5.10 Å². The third-order valence-electron chi connectivity index (χ3n) is 3.45. The van der Waals surface area contributed by atoms with Crippen LogP contribution in [0.25, 0.3) is 5.69 Å². The van der Waals surface area contributed by atoms with E-state index in [1.54, 1.807) is 42.7 Å². The fourth-order valence-electron chi connectivity index (χ4n) is 2.24. The van der Waals surface area contributed by atoms with E-state index in [0.717, 1.165) is 0 Å². The van der Waals surface area contributed by atoms with E-state index in [1.165, 1.54) is 16.8 Å². The maximum atomic E-state index is 12.4. The summed E-state index contributed by atoms with van der Waals surface area (Å²) in [6.45, 7) is 2.25. The summed E-state index contributed by atoms with van der Waals surface area (Å²) in [6, 6.07) is 10.8. The molecule has 26 heavy (non-hydrogen) atoms. The Hall–Kier alpha value is -3.75. The molecule has 0 aliphatic heterocycles. The molecule has 0 aliphatic rings. The fourth-order valence-corrected chi connectivity index (χ4v) is 2.24. The maximum Gasteiger partial charge on any atom is 0.276 e. The van der Waals surface area contributed by atoms with Crippen LogP contribution in [-0.4, -0.2) is 32.2 Å². The Balaban J connectivity index is 1.77. The van der Waals surface area contributed by atoms with Crippen molar-refractivity contribution in [1.82, 2.24) is 14.8 Å². The van der Waals surface area contributed by atoms with Gasteiger partial charge in [-0.15, -0.1) is 0 Å². The van der Waals surface area contributed by atoms with Gasteiger partial charge in [0.2, 0.25) is 5.88 Å². The second-order valence-corrected chi connectivity index (χ2v) is 5.16. The van der Waals surface area contributed by atoms with Crippen LogP contribution in [0.1, 0.15) is 17.4 Å². The van der Waals surface area contributed by atoms with Crippen LogP contribution in [0.4, 0.5) is 11.4 Å². The predicted octanol–water partition coefficient (Wildman–Crippen LogP) is 2.83. The summed E-state index contributed by atoms with van der Waals surface area (Å²) in [6.07, 6.45) is 3.17. The van der Waals surface area contributed by atoms with Crippen molar-refractivity contribution >= 4 is 17.3 Å². The van der Waals surface area contributed by atoms with Crippen molar-refractivity contribution in [2.75, 3.05) is 11.9 Å². The zero-order valence-corrected chi connectivity index (χ0v) is 13.8. The second kappa shape index (κ2) is 7.43. The Kier molecular flexibility index (Phi) is 4.88. The van der Waals surface area contributed by atoms with Gasteiger partial charge in [0.15, 0.2) is 5.69 Å². The van der Waals surface area contributed by atoms with Gasteiger partial charge in [0.1, 0.15) is 5.69 Å². The highest BCUT2D eigenvalue weighted by atomic mass is 16.6. The van der Waals surface area contributed by atoms with E-state index in [9.17, 15) is 14.9 Å². The van der Waals surface area contributed by atoms with Crippen LogP contribution in [-0.2, 0) is 0 Å². The number of rotatable bonds is 6. The zero-order chi connectivity index (χ0) is 18.5. The lowest BCUT2D eigenvalue weighted by Gasteiger charge is -2.08. The van der Waals surface area contributed by atoms with Gasteiger partial charge < -0.3 is 10.1 Å². The third kappa shape index (κ3) is 3.66. The van der Waals surface area contributed by atoms with E-state index in [-0.39, 0.29) is 11.4 Å². The topological polar surface area (TPSA) is 112 Å². The molecule has 3 aromatic rings. The number of pyridine rings is 1. The van der Waals surface area contributed by atoms with Crippen molar-refractivity contribution in [3.05, 3.63) is 70.7 Å². The molecule has 9 heteroatoms. The average Bonchev–Trinajstić information content (AvgIpc) is 3.14. The summed E-state index contributed by atoms with van der Waals surface area (Å²) in [5, 5.41) is 17.6. The van der Waals surface area contributed by atoms with Crippen molar-refractivity contribution in [2.45, 2.75) is 6.92 Å². The number of carbonyl (C=O) groups is 1. The number of amides is 1. The molecule has 1 N–H and O–H groups in total. The monoisotopic (exact) mass is 353 g/mol. The molecule has 0 aliphatic carbocycles. The normalized spacial score (nSPS) is 10.3. The number of nitrogens with one attached hydrogen (secondary N) is 1. The number of anilines is 1. The van der Waals surface area contributed by atoms with E-state index < -0.39 is 10.8 Å². The predicted molar refractivity (Wildman–Crippen MR) is 93.6 cm³/mol. The van der Waals surface area contributed by atoms with Crippen LogP contribution in [0.15, 0.2) is 54.9 Å². The fraction of sp³-hybridized carbons (Fsp3) is 0.118. The first-order valence-electron chi connectivity index (χ1n) is 7.78. The SMILES string of the molecule is CCOc1ncccc1NC(=O)c1ccn(-c2ccc([N+](=O)[O-])cc2)n1. The van der Waals surface area contributed by atoms with E-state index in [4.69, 9.17) is 4.74 Å². The van der Waals surface area contributed by atoms with Gasteiger partial charge in [-0.05, 0) is 37.3 Å². The molecule has 0 atom stereocenters. The van der Waals surface area contributed by atoms with Gasteiger partial charge in [0, 0.05) is 24.5 Å². The molecule has 0 unspecified atom stereocenters. The number of nitro benzene ring substituents is 1. The van der Waals surface area contributed by atoms with Gasteiger partial charge in [0.25, 0.3) is 11.6 Å². The summed E-state index contributed by atoms with van der Waals surface area (Å²) in [5.41, 5.74) is 1.23. The van der Waals surface area contributed by atoms with Crippen LogP contribution in [0.2, 0.25) is 0 Å². The number of nitrogens with zero attached hydrogens (tertiary/aromatic N) is 4. The average molecular weight is 353 g/mol. The summed E-state index contributed by atoms with van der Waals surface area (Å²) in [7, 11) is 0. The van der Waals surface area contributed by atoms with Gasteiger partial charge >= 0.3 is 0 Å². The van der Waals surface area contributed by atoms with Crippen LogP contribution >= 0.6 is 0 Å².